The zero-order valence-electron chi connectivity index (χ0n) is 5.68. The standard InChI is InChI=1S/C5H10N2O3/c1-2-6-4(8)3-7-5(9)10/h7H,2-3H2,1H3,(H,6,8)(H,9,10). The zero-order chi connectivity index (χ0) is 7.98. The van der Waals surface area contributed by atoms with Crippen LogP contribution < -0.4 is 10.6 Å². The number of carboxylic acid groups (broad SMARTS) is 1. The molecule has 0 aliphatic rings. The summed E-state index contributed by atoms with van der Waals surface area (Å²) in [6, 6.07) is 0. The van der Waals surface area contributed by atoms with Crippen LogP contribution in [-0.2, 0) is 4.79 Å². The Morgan fingerprint density at radius 1 is 1.40 bits per heavy atom. The molecule has 0 spiro atoms. The van der Waals surface area contributed by atoms with Crippen molar-refractivity contribution >= 4 is 12.0 Å². The molecule has 0 aromatic carbocycles. The first-order valence-electron chi connectivity index (χ1n) is 2.90. The molecule has 0 aromatic rings. The van der Waals surface area contributed by atoms with E-state index < -0.39 is 6.09 Å². The average Bonchev–Trinajstić information content (AvgIpc) is 1.85. The van der Waals surface area contributed by atoms with Gasteiger partial charge in [0.05, 0.1) is 6.54 Å². The van der Waals surface area contributed by atoms with Gasteiger partial charge < -0.3 is 15.7 Å². The Morgan fingerprint density at radius 2 is 2.00 bits per heavy atom. The minimum absolute atomic E-state index is 0.177. The Balaban J connectivity index is 3.30. The highest BCUT2D eigenvalue weighted by Crippen LogP contribution is 1.63. The number of nitrogens with one attached hydrogen (secondary N) is 2. The van der Waals surface area contributed by atoms with Crippen molar-refractivity contribution in [3.05, 3.63) is 0 Å². The summed E-state index contributed by atoms with van der Waals surface area (Å²) in [5.74, 6) is -0.315. The number of amides is 2. The predicted molar refractivity (Wildman–Crippen MR) is 34.7 cm³/mol. The largest absolute Gasteiger partial charge is 0.465 e. The fourth-order valence-electron chi connectivity index (χ4n) is 0.416. The molecular weight excluding hydrogens is 136 g/mol. The summed E-state index contributed by atoms with van der Waals surface area (Å²) in [4.78, 5) is 20.3. The van der Waals surface area contributed by atoms with E-state index >= 15 is 0 Å². The summed E-state index contributed by atoms with van der Waals surface area (Å²) in [7, 11) is 0. The van der Waals surface area contributed by atoms with E-state index in [1.165, 1.54) is 0 Å². The van der Waals surface area contributed by atoms with E-state index in [4.69, 9.17) is 5.11 Å². The highest BCUT2D eigenvalue weighted by Gasteiger charge is 1.99. The maximum atomic E-state index is 10.5. The van der Waals surface area contributed by atoms with Crippen LogP contribution in [0.5, 0.6) is 0 Å². The van der Waals surface area contributed by atoms with Crippen molar-refractivity contribution in [2.75, 3.05) is 13.1 Å². The van der Waals surface area contributed by atoms with Gasteiger partial charge in [0.25, 0.3) is 0 Å². The van der Waals surface area contributed by atoms with Crippen molar-refractivity contribution in [2.24, 2.45) is 0 Å². The van der Waals surface area contributed by atoms with Gasteiger partial charge in [0.15, 0.2) is 0 Å². The normalized spacial score (nSPS) is 8.50. The molecule has 0 aliphatic carbocycles. The quantitative estimate of drug-likeness (QED) is 0.497. The monoisotopic (exact) mass is 146 g/mol. The Labute approximate surface area is 58.4 Å². The lowest BCUT2D eigenvalue weighted by molar-refractivity contribution is -0.120. The number of rotatable bonds is 3. The third-order valence-electron chi connectivity index (χ3n) is 0.774. The van der Waals surface area contributed by atoms with Crippen molar-refractivity contribution in [1.82, 2.24) is 10.6 Å². The molecule has 0 rings (SSSR count). The molecule has 0 aromatic heterocycles. The first-order chi connectivity index (χ1) is 4.66. The lowest BCUT2D eigenvalue weighted by Gasteiger charge is -1.99. The number of hydrogen-bond acceptors (Lipinski definition) is 2. The minimum atomic E-state index is -1.19. The van der Waals surface area contributed by atoms with Crippen LogP contribution in [0.2, 0.25) is 0 Å². The molecule has 0 radical (unpaired) electrons. The van der Waals surface area contributed by atoms with Gasteiger partial charge in [0.1, 0.15) is 0 Å². The fourth-order valence-corrected chi connectivity index (χ4v) is 0.416. The van der Waals surface area contributed by atoms with E-state index in [1.54, 1.807) is 6.92 Å². The van der Waals surface area contributed by atoms with E-state index in [2.05, 4.69) is 5.32 Å². The van der Waals surface area contributed by atoms with Crippen molar-refractivity contribution in [1.29, 1.82) is 0 Å². The third kappa shape index (κ3) is 4.89. The van der Waals surface area contributed by atoms with Crippen molar-refractivity contribution in [3.63, 3.8) is 0 Å². The van der Waals surface area contributed by atoms with Gasteiger partial charge >= 0.3 is 6.09 Å². The average molecular weight is 146 g/mol. The summed E-state index contributed by atoms with van der Waals surface area (Å²) in [6.07, 6.45) is -1.19. The molecule has 3 N–H and O–H groups in total. The molecule has 58 valence electrons. The first kappa shape index (κ1) is 8.74. The van der Waals surface area contributed by atoms with E-state index in [0.717, 1.165) is 0 Å². The summed E-state index contributed by atoms with van der Waals surface area (Å²) in [6.45, 7) is 2.10. The zero-order valence-corrected chi connectivity index (χ0v) is 5.68. The number of carbonyl (C=O) groups is 2. The van der Waals surface area contributed by atoms with Gasteiger partial charge in [0, 0.05) is 6.54 Å². The van der Waals surface area contributed by atoms with E-state index in [0.29, 0.717) is 6.54 Å². The van der Waals surface area contributed by atoms with Gasteiger partial charge in [0.2, 0.25) is 5.91 Å². The second kappa shape index (κ2) is 4.60. The van der Waals surface area contributed by atoms with Crippen molar-refractivity contribution < 1.29 is 14.7 Å². The van der Waals surface area contributed by atoms with Crippen molar-refractivity contribution in [3.8, 4) is 0 Å². The highest BCUT2D eigenvalue weighted by atomic mass is 16.4. The maximum Gasteiger partial charge on any atom is 0.405 e. The van der Waals surface area contributed by atoms with Crippen LogP contribution in [-0.4, -0.2) is 30.2 Å². The molecule has 0 unspecified atom stereocenters. The summed E-state index contributed by atoms with van der Waals surface area (Å²) in [5, 5.41) is 12.4. The van der Waals surface area contributed by atoms with E-state index in [-0.39, 0.29) is 12.5 Å². The lowest BCUT2D eigenvalue weighted by atomic mass is 10.5. The topological polar surface area (TPSA) is 78.4 Å². The highest BCUT2D eigenvalue weighted by molar-refractivity contribution is 5.81. The van der Waals surface area contributed by atoms with Gasteiger partial charge in [-0.15, -0.1) is 0 Å². The molecule has 0 heterocycles. The van der Waals surface area contributed by atoms with Crippen LogP contribution in [0.1, 0.15) is 6.92 Å². The Morgan fingerprint density at radius 3 is 2.40 bits per heavy atom. The Kier molecular flexibility index (Phi) is 4.02. The summed E-state index contributed by atoms with van der Waals surface area (Å²) < 4.78 is 0. The molecule has 5 heteroatoms. The summed E-state index contributed by atoms with van der Waals surface area (Å²) >= 11 is 0. The Bertz CT molecular complexity index is 135. The number of hydrogen-bond donors (Lipinski definition) is 3. The molecule has 0 saturated heterocycles. The van der Waals surface area contributed by atoms with Crippen LogP contribution in [0, 0.1) is 0 Å². The SMILES string of the molecule is CCNC(=O)CNC(=O)O. The smallest absolute Gasteiger partial charge is 0.405 e. The van der Waals surface area contributed by atoms with Gasteiger partial charge in [-0.2, -0.15) is 0 Å². The second-order valence-electron chi connectivity index (χ2n) is 1.61. The maximum absolute atomic E-state index is 10.5. The molecule has 0 fully saturated rings. The lowest BCUT2D eigenvalue weighted by Crippen LogP contribution is -2.35. The van der Waals surface area contributed by atoms with Gasteiger partial charge in [-0.25, -0.2) is 4.79 Å². The van der Waals surface area contributed by atoms with Crippen LogP contribution in [0.4, 0.5) is 4.79 Å². The van der Waals surface area contributed by atoms with Crippen LogP contribution >= 0.6 is 0 Å². The van der Waals surface area contributed by atoms with Gasteiger partial charge in [-0.05, 0) is 6.92 Å². The minimum Gasteiger partial charge on any atom is -0.465 e. The number of carbonyl (C=O) groups excluding carboxylic acids is 1. The first-order valence-corrected chi connectivity index (χ1v) is 2.90. The number of likely N-dealkylation sites (N-methyl/N-ethyl adjacent to an activating group) is 1. The van der Waals surface area contributed by atoms with Crippen LogP contribution in [0.25, 0.3) is 0 Å². The molecule has 2 amide bonds. The van der Waals surface area contributed by atoms with Crippen LogP contribution in [0.3, 0.4) is 0 Å². The van der Waals surface area contributed by atoms with Gasteiger partial charge in [-0.3, -0.25) is 4.79 Å². The fraction of sp³-hybridized carbons (Fsp3) is 0.600. The molecule has 0 aliphatic heterocycles. The molecule has 10 heavy (non-hydrogen) atoms. The predicted octanol–water partition coefficient (Wildman–Crippen LogP) is -0.610. The molecule has 0 saturated carbocycles. The molecular formula is C5H10N2O3. The molecule has 5 nitrogen and oxygen atoms in total. The molecule has 0 bridgehead atoms. The van der Waals surface area contributed by atoms with E-state index in [9.17, 15) is 9.59 Å². The third-order valence-corrected chi connectivity index (χ3v) is 0.774. The summed E-state index contributed by atoms with van der Waals surface area (Å²) in [5.41, 5.74) is 0. The van der Waals surface area contributed by atoms with E-state index in [1.807, 2.05) is 5.32 Å². The van der Waals surface area contributed by atoms with Crippen molar-refractivity contribution in [2.45, 2.75) is 6.92 Å². The Hall–Kier alpha value is -1.26. The second-order valence-corrected chi connectivity index (χ2v) is 1.61. The van der Waals surface area contributed by atoms with Crippen LogP contribution in [0.15, 0.2) is 0 Å². The van der Waals surface area contributed by atoms with Gasteiger partial charge in [-0.1, -0.05) is 0 Å². The molecule has 0 atom stereocenters.